The molecule has 6 nitrogen and oxygen atoms in total. The number of imidazole rings is 1. The van der Waals surface area contributed by atoms with Crippen LogP contribution in [0.2, 0.25) is 5.15 Å². The van der Waals surface area contributed by atoms with Gasteiger partial charge in [0.25, 0.3) is 0 Å². The molecule has 2 aromatic heterocycles. The number of nitrogens with one attached hydrogen (secondary N) is 3. The fourth-order valence-corrected chi connectivity index (χ4v) is 2.60. The lowest BCUT2D eigenvalue weighted by molar-refractivity contribution is -0.121. The molecule has 0 spiro atoms. The summed E-state index contributed by atoms with van der Waals surface area (Å²) in [6, 6.07) is 9.30. The summed E-state index contributed by atoms with van der Waals surface area (Å²) < 4.78 is 0. The summed E-state index contributed by atoms with van der Waals surface area (Å²) in [5, 5.41) is 3.30. The summed E-state index contributed by atoms with van der Waals surface area (Å²) in [7, 11) is 0. The van der Waals surface area contributed by atoms with Crippen molar-refractivity contribution in [2.45, 2.75) is 25.8 Å². The van der Waals surface area contributed by atoms with Crippen LogP contribution in [0, 0.1) is 0 Å². The molecule has 0 saturated heterocycles. The van der Waals surface area contributed by atoms with Gasteiger partial charge in [-0.3, -0.25) is 4.79 Å². The molecule has 0 atom stereocenters. The highest BCUT2D eigenvalue weighted by Gasteiger charge is 2.04. The lowest BCUT2D eigenvalue weighted by atomic mass is 10.1. The highest BCUT2D eigenvalue weighted by atomic mass is 35.5. The number of benzene rings is 1. The van der Waals surface area contributed by atoms with Gasteiger partial charge in [0.2, 0.25) is 5.91 Å². The summed E-state index contributed by atoms with van der Waals surface area (Å²) in [5.41, 5.74) is 3.37. The van der Waals surface area contributed by atoms with Crippen LogP contribution in [-0.2, 0) is 17.8 Å². The van der Waals surface area contributed by atoms with Crippen molar-refractivity contribution in [2.75, 3.05) is 0 Å². The van der Waals surface area contributed by atoms with E-state index in [1.165, 1.54) is 0 Å². The summed E-state index contributed by atoms with van der Waals surface area (Å²) in [5.74, 6) is 0.000999. The monoisotopic (exact) mass is 344 g/mol. The second-order valence-corrected chi connectivity index (χ2v) is 5.97. The number of carbonyl (C=O) groups is 1. The van der Waals surface area contributed by atoms with Crippen molar-refractivity contribution in [1.29, 1.82) is 0 Å². The Hall–Kier alpha value is -2.60. The van der Waals surface area contributed by atoms with E-state index in [9.17, 15) is 9.59 Å². The largest absolute Gasteiger partial charge is 0.352 e. The molecule has 124 valence electrons. The molecule has 0 aliphatic heterocycles. The van der Waals surface area contributed by atoms with E-state index < -0.39 is 0 Å². The average molecular weight is 345 g/mol. The topological polar surface area (TPSA) is 90.6 Å². The Bertz CT molecular complexity index is 899. The maximum Gasteiger partial charge on any atom is 0.323 e. The van der Waals surface area contributed by atoms with Crippen molar-refractivity contribution in [3.05, 3.63) is 63.3 Å². The van der Waals surface area contributed by atoms with E-state index in [-0.39, 0.29) is 11.6 Å². The number of nitrogens with zero attached hydrogens (tertiary/aromatic N) is 1. The lowest BCUT2D eigenvalue weighted by Crippen LogP contribution is -2.22. The Labute approximate surface area is 143 Å². The van der Waals surface area contributed by atoms with Gasteiger partial charge in [0.15, 0.2) is 0 Å². The van der Waals surface area contributed by atoms with E-state index >= 15 is 0 Å². The second kappa shape index (κ2) is 7.31. The molecular weight excluding hydrogens is 328 g/mol. The first-order valence-electron chi connectivity index (χ1n) is 7.68. The van der Waals surface area contributed by atoms with Gasteiger partial charge >= 0.3 is 5.69 Å². The minimum atomic E-state index is -0.210. The number of H-pyrrole nitrogens is 2. The first-order valence-corrected chi connectivity index (χ1v) is 8.06. The number of rotatable bonds is 6. The predicted octanol–water partition coefficient (Wildman–Crippen LogP) is 2.54. The second-order valence-electron chi connectivity index (χ2n) is 5.58. The van der Waals surface area contributed by atoms with Crippen molar-refractivity contribution < 1.29 is 4.79 Å². The molecule has 3 aromatic rings. The highest BCUT2D eigenvalue weighted by molar-refractivity contribution is 6.29. The third-order valence-electron chi connectivity index (χ3n) is 3.73. The molecular formula is C17H17ClN4O2. The molecule has 3 N–H and O–H groups in total. The maximum atomic E-state index is 11.9. The first kappa shape index (κ1) is 16.3. The first-order chi connectivity index (χ1) is 11.6. The zero-order chi connectivity index (χ0) is 16.9. The molecule has 0 bridgehead atoms. The number of fused-ring (bicyclic) bond motifs is 1. The SMILES string of the molecule is O=C(CCCc1ccc2[nH]c(=O)[nH]c2c1)NCc1ccc(Cl)nc1. The Balaban J connectivity index is 1.45. The van der Waals surface area contributed by atoms with Crippen LogP contribution in [0.3, 0.4) is 0 Å². The van der Waals surface area contributed by atoms with Crippen LogP contribution in [0.4, 0.5) is 0 Å². The number of aromatic nitrogens is 3. The minimum absolute atomic E-state index is 0.000999. The van der Waals surface area contributed by atoms with Gasteiger partial charge in [-0.25, -0.2) is 9.78 Å². The van der Waals surface area contributed by atoms with Gasteiger partial charge in [-0.2, -0.15) is 0 Å². The van der Waals surface area contributed by atoms with E-state index in [1.54, 1.807) is 12.3 Å². The number of pyridine rings is 1. The van der Waals surface area contributed by atoms with Gasteiger partial charge in [-0.15, -0.1) is 0 Å². The Morgan fingerprint density at radius 1 is 1.12 bits per heavy atom. The fraction of sp³-hybridized carbons (Fsp3) is 0.235. The number of hydrogen-bond acceptors (Lipinski definition) is 3. The van der Waals surface area contributed by atoms with Gasteiger partial charge in [-0.1, -0.05) is 23.7 Å². The summed E-state index contributed by atoms with van der Waals surface area (Å²) >= 11 is 5.72. The van der Waals surface area contributed by atoms with Crippen molar-refractivity contribution in [1.82, 2.24) is 20.3 Å². The van der Waals surface area contributed by atoms with Crippen LogP contribution in [0.5, 0.6) is 0 Å². The molecule has 0 aliphatic carbocycles. The smallest absolute Gasteiger partial charge is 0.323 e. The number of hydrogen-bond donors (Lipinski definition) is 3. The summed E-state index contributed by atoms with van der Waals surface area (Å²) in [6.45, 7) is 0.444. The molecule has 1 amide bonds. The van der Waals surface area contributed by atoms with E-state index in [2.05, 4.69) is 20.3 Å². The fourth-order valence-electron chi connectivity index (χ4n) is 2.49. The van der Waals surface area contributed by atoms with Crippen LogP contribution < -0.4 is 11.0 Å². The quantitative estimate of drug-likeness (QED) is 0.600. The van der Waals surface area contributed by atoms with Crippen LogP contribution in [0.1, 0.15) is 24.0 Å². The Morgan fingerprint density at radius 2 is 1.92 bits per heavy atom. The van der Waals surface area contributed by atoms with Gasteiger partial charge in [0, 0.05) is 19.2 Å². The van der Waals surface area contributed by atoms with Gasteiger partial charge in [-0.05, 0) is 42.2 Å². The zero-order valence-electron chi connectivity index (χ0n) is 12.9. The molecule has 0 fully saturated rings. The van der Waals surface area contributed by atoms with E-state index in [0.717, 1.165) is 35.0 Å². The molecule has 24 heavy (non-hydrogen) atoms. The Morgan fingerprint density at radius 3 is 2.71 bits per heavy atom. The highest BCUT2D eigenvalue weighted by Crippen LogP contribution is 2.12. The predicted molar refractivity (Wildman–Crippen MR) is 93.0 cm³/mol. The van der Waals surface area contributed by atoms with Crippen LogP contribution >= 0.6 is 11.6 Å². The number of amides is 1. The molecule has 0 saturated carbocycles. The van der Waals surface area contributed by atoms with Gasteiger partial charge in [0.05, 0.1) is 11.0 Å². The summed E-state index contributed by atoms with van der Waals surface area (Å²) in [6.07, 6.45) is 3.61. The molecule has 3 rings (SSSR count). The third kappa shape index (κ3) is 4.23. The molecule has 0 aliphatic rings. The van der Waals surface area contributed by atoms with Crippen molar-refractivity contribution in [3.63, 3.8) is 0 Å². The molecule has 2 heterocycles. The molecule has 7 heteroatoms. The molecule has 0 radical (unpaired) electrons. The van der Waals surface area contributed by atoms with Gasteiger partial charge in [0.1, 0.15) is 5.15 Å². The lowest BCUT2D eigenvalue weighted by Gasteiger charge is -2.05. The number of aryl methyl sites for hydroxylation is 1. The maximum absolute atomic E-state index is 11.9. The average Bonchev–Trinajstić information content (AvgIpc) is 2.93. The number of halogens is 1. The molecule has 0 unspecified atom stereocenters. The van der Waals surface area contributed by atoms with Gasteiger partial charge < -0.3 is 15.3 Å². The standard InChI is InChI=1S/C17H17ClN4O2/c18-15-7-5-12(9-19-15)10-20-16(23)3-1-2-11-4-6-13-14(8-11)22-17(24)21-13/h4-9H,1-3,10H2,(H,20,23)(H2,21,22,24). The Kier molecular flexibility index (Phi) is 4.96. The number of carbonyl (C=O) groups excluding carboxylic acids is 1. The van der Waals surface area contributed by atoms with Crippen LogP contribution in [0.15, 0.2) is 41.3 Å². The van der Waals surface area contributed by atoms with Crippen LogP contribution in [0.25, 0.3) is 11.0 Å². The van der Waals surface area contributed by atoms with Crippen molar-refractivity contribution >= 4 is 28.5 Å². The summed E-state index contributed by atoms with van der Waals surface area (Å²) in [4.78, 5) is 32.5. The normalized spacial score (nSPS) is 10.9. The third-order valence-corrected chi connectivity index (χ3v) is 3.95. The number of aromatic amines is 2. The van der Waals surface area contributed by atoms with Crippen molar-refractivity contribution in [2.24, 2.45) is 0 Å². The van der Waals surface area contributed by atoms with Crippen LogP contribution in [-0.4, -0.2) is 20.9 Å². The van der Waals surface area contributed by atoms with E-state index in [1.807, 2.05) is 24.3 Å². The van der Waals surface area contributed by atoms with E-state index in [0.29, 0.717) is 18.1 Å². The van der Waals surface area contributed by atoms with Crippen molar-refractivity contribution in [3.8, 4) is 0 Å². The minimum Gasteiger partial charge on any atom is -0.352 e. The van der Waals surface area contributed by atoms with E-state index in [4.69, 9.17) is 11.6 Å². The zero-order valence-corrected chi connectivity index (χ0v) is 13.7. The molecule has 1 aromatic carbocycles.